The third kappa shape index (κ3) is 3.91. The second kappa shape index (κ2) is 6.69. The fourth-order valence-electron chi connectivity index (χ4n) is 3.15. The van der Waals surface area contributed by atoms with Gasteiger partial charge in [0, 0.05) is 31.2 Å². The summed E-state index contributed by atoms with van der Waals surface area (Å²) in [7, 11) is 3.97. The van der Waals surface area contributed by atoms with E-state index in [1.807, 2.05) is 43.3 Å². The van der Waals surface area contributed by atoms with E-state index >= 15 is 0 Å². The number of amides is 1. The van der Waals surface area contributed by atoms with Crippen LogP contribution in [-0.4, -0.2) is 31.4 Å². The molecule has 21 heavy (non-hydrogen) atoms. The summed E-state index contributed by atoms with van der Waals surface area (Å²) in [6.45, 7) is 2.23. The SMILES string of the molecule is CC1CCCC(CCl)(NC(=O)c2ccc(N(C)C)cc2)C1. The monoisotopic (exact) mass is 308 g/mol. The summed E-state index contributed by atoms with van der Waals surface area (Å²) >= 11 is 6.18. The zero-order valence-corrected chi connectivity index (χ0v) is 13.9. The molecule has 4 heteroatoms. The van der Waals surface area contributed by atoms with Gasteiger partial charge in [0.25, 0.3) is 5.91 Å². The number of halogens is 1. The first-order valence-electron chi connectivity index (χ1n) is 7.62. The van der Waals surface area contributed by atoms with Crippen LogP contribution in [0.25, 0.3) is 0 Å². The minimum atomic E-state index is -0.240. The molecule has 0 aromatic heterocycles. The van der Waals surface area contributed by atoms with E-state index in [9.17, 15) is 4.79 Å². The molecule has 1 aliphatic rings. The van der Waals surface area contributed by atoms with Gasteiger partial charge in [-0.05, 0) is 43.0 Å². The van der Waals surface area contributed by atoms with E-state index in [2.05, 4.69) is 12.2 Å². The fourth-order valence-corrected chi connectivity index (χ4v) is 3.46. The Morgan fingerprint density at radius 1 is 1.38 bits per heavy atom. The van der Waals surface area contributed by atoms with E-state index < -0.39 is 0 Å². The number of carbonyl (C=O) groups excluding carboxylic acids is 1. The maximum absolute atomic E-state index is 12.5. The summed E-state index contributed by atoms with van der Waals surface area (Å²) in [6, 6.07) is 7.68. The highest BCUT2D eigenvalue weighted by atomic mass is 35.5. The number of anilines is 1. The van der Waals surface area contributed by atoms with Crippen molar-refractivity contribution in [2.75, 3.05) is 24.9 Å². The number of hydrogen-bond donors (Lipinski definition) is 1. The largest absolute Gasteiger partial charge is 0.378 e. The van der Waals surface area contributed by atoms with Gasteiger partial charge in [-0.2, -0.15) is 0 Å². The number of alkyl halides is 1. The molecule has 0 aliphatic heterocycles. The Kier molecular flexibility index (Phi) is 5.15. The summed E-state index contributed by atoms with van der Waals surface area (Å²) in [4.78, 5) is 14.5. The lowest BCUT2D eigenvalue weighted by Gasteiger charge is -2.39. The van der Waals surface area contributed by atoms with Crippen molar-refractivity contribution in [3.8, 4) is 0 Å². The molecule has 1 aliphatic carbocycles. The molecule has 3 nitrogen and oxygen atoms in total. The average molecular weight is 309 g/mol. The van der Waals surface area contributed by atoms with Gasteiger partial charge in [0.05, 0.1) is 5.54 Å². The molecule has 0 spiro atoms. The van der Waals surface area contributed by atoms with Crippen molar-refractivity contribution >= 4 is 23.2 Å². The molecule has 1 N–H and O–H groups in total. The summed E-state index contributed by atoms with van der Waals surface area (Å²) in [5.41, 5.74) is 1.55. The van der Waals surface area contributed by atoms with E-state index in [0.717, 1.165) is 24.9 Å². The van der Waals surface area contributed by atoms with Crippen molar-refractivity contribution in [2.24, 2.45) is 5.92 Å². The Labute approximate surface area is 132 Å². The molecular formula is C17H25ClN2O. The first-order valence-corrected chi connectivity index (χ1v) is 8.15. The normalized spacial score (nSPS) is 25.4. The molecule has 0 bridgehead atoms. The highest BCUT2D eigenvalue weighted by Gasteiger charge is 2.35. The summed E-state index contributed by atoms with van der Waals surface area (Å²) in [5, 5.41) is 3.19. The predicted octanol–water partition coefficient (Wildman–Crippen LogP) is 3.67. The molecular weight excluding hydrogens is 284 g/mol. The third-order valence-electron chi connectivity index (χ3n) is 4.37. The van der Waals surface area contributed by atoms with Gasteiger partial charge in [0.2, 0.25) is 0 Å². The minimum Gasteiger partial charge on any atom is -0.378 e. The Hall–Kier alpha value is -1.22. The van der Waals surface area contributed by atoms with Gasteiger partial charge in [-0.1, -0.05) is 19.8 Å². The van der Waals surface area contributed by atoms with E-state index in [0.29, 0.717) is 17.4 Å². The van der Waals surface area contributed by atoms with Gasteiger partial charge in [0.15, 0.2) is 0 Å². The standard InChI is InChI=1S/C17H25ClN2O/c1-13-5-4-10-17(11-13,12-18)19-16(21)14-6-8-15(9-7-14)20(2)3/h6-9,13H,4-5,10-12H2,1-3H3,(H,19,21). The van der Waals surface area contributed by atoms with Crippen LogP contribution in [0.15, 0.2) is 24.3 Å². The molecule has 2 atom stereocenters. The zero-order chi connectivity index (χ0) is 15.5. The summed E-state index contributed by atoms with van der Waals surface area (Å²) < 4.78 is 0. The van der Waals surface area contributed by atoms with Crippen LogP contribution >= 0.6 is 11.6 Å². The molecule has 0 radical (unpaired) electrons. The molecule has 2 unspecified atom stereocenters. The first-order chi connectivity index (χ1) is 9.96. The summed E-state index contributed by atoms with van der Waals surface area (Å²) in [6.07, 6.45) is 4.31. The molecule has 2 rings (SSSR count). The van der Waals surface area contributed by atoms with Crippen molar-refractivity contribution in [1.29, 1.82) is 0 Å². The van der Waals surface area contributed by atoms with Gasteiger partial charge >= 0.3 is 0 Å². The molecule has 1 fully saturated rings. The molecule has 0 saturated heterocycles. The molecule has 116 valence electrons. The number of carbonyl (C=O) groups is 1. The van der Waals surface area contributed by atoms with E-state index in [-0.39, 0.29) is 11.4 Å². The van der Waals surface area contributed by atoms with Crippen LogP contribution in [0.4, 0.5) is 5.69 Å². The summed E-state index contributed by atoms with van der Waals surface area (Å²) in [5.74, 6) is 1.09. The lowest BCUT2D eigenvalue weighted by Crippen LogP contribution is -2.52. The van der Waals surface area contributed by atoms with Crippen molar-refractivity contribution in [3.05, 3.63) is 29.8 Å². The molecule has 1 saturated carbocycles. The molecule has 1 aromatic rings. The number of hydrogen-bond acceptors (Lipinski definition) is 2. The minimum absolute atomic E-state index is 0.0185. The quantitative estimate of drug-likeness (QED) is 0.861. The van der Waals surface area contributed by atoms with Crippen LogP contribution in [0.1, 0.15) is 43.0 Å². The zero-order valence-electron chi connectivity index (χ0n) is 13.2. The maximum atomic E-state index is 12.5. The highest BCUT2D eigenvalue weighted by molar-refractivity contribution is 6.19. The Morgan fingerprint density at radius 2 is 2.05 bits per heavy atom. The Morgan fingerprint density at radius 3 is 2.57 bits per heavy atom. The third-order valence-corrected chi connectivity index (χ3v) is 4.88. The van der Waals surface area contributed by atoms with Crippen molar-refractivity contribution in [3.63, 3.8) is 0 Å². The second-order valence-electron chi connectivity index (χ2n) is 6.51. The molecule has 1 amide bonds. The number of nitrogens with zero attached hydrogens (tertiary/aromatic N) is 1. The van der Waals surface area contributed by atoms with Crippen LogP contribution in [0.3, 0.4) is 0 Å². The van der Waals surface area contributed by atoms with E-state index in [1.54, 1.807) is 0 Å². The number of rotatable bonds is 4. The highest BCUT2D eigenvalue weighted by Crippen LogP contribution is 2.33. The van der Waals surface area contributed by atoms with Gasteiger partial charge in [-0.15, -0.1) is 11.6 Å². The fraction of sp³-hybridized carbons (Fsp3) is 0.588. The first kappa shape index (κ1) is 16.2. The molecule has 1 aromatic carbocycles. The van der Waals surface area contributed by atoms with Gasteiger partial charge in [0.1, 0.15) is 0 Å². The maximum Gasteiger partial charge on any atom is 0.251 e. The van der Waals surface area contributed by atoms with Crippen molar-refractivity contribution in [1.82, 2.24) is 5.32 Å². The van der Waals surface area contributed by atoms with Crippen LogP contribution < -0.4 is 10.2 Å². The predicted molar refractivity (Wildman–Crippen MR) is 89.3 cm³/mol. The molecule has 0 heterocycles. The number of benzene rings is 1. The average Bonchev–Trinajstić information content (AvgIpc) is 2.47. The lowest BCUT2D eigenvalue weighted by molar-refractivity contribution is 0.0867. The topological polar surface area (TPSA) is 32.3 Å². The van der Waals surface area contributed by atoms with Crippen LogP contribution in [0.5, 0.6) is 0 Å². The lowest BCUT2D eigenvalue weighted by atomic mass is 9.77. The number of nitrogens with one attached hydrogen (secondary N) is 1. The van der Waals surface area contributed by atoms with Crippen LogP contribution in [-0.2, 0) is 0 Å². The Bertz CT molecular complexity index is 486. The van der Waals surface area contributed by atoms with Crippen LogP contribution in [0.2, 0.25) is 0 Å². The van der Waals surface area contributed by atoms with Gasteiger partial charge < -0.3 is 10.2 Å². The van der Waals surface area contributed by atoms with Crippen molar-refractivity contribution in [2.45, 2.75) is 38.1 Å². The van der Waals surface area contributed by atoms with Crippen LogP contribution in [0, 0.1) is 5.92 Å². The van der Waals surface area contributed by atoms with E-state index in [1.165, 1.54) is 6.42 Å². The van der Waals surface area contributed by atoms with Gasteiger partial charge in [-0.3, -0.25) is 4.79 Å². The second-order valence-corrected chi connectivity index (χ2v) is 6.78. The van der Waals surface area contributed by atoms with E-state index in [4.69, 9.17) is 11.6 Å². The van der Waals surface area contributed by atoms with Gasteiger partial charge in [-0.25, -0.2) is 0 Å². The smallest absolute Gasteiger partial charge is 0.251 e. The Balaban J connectivity index is 2.08. The van der Waals surface area contributed by atoms with Crippen molar-refractivity contribution < 1.29 is 4.79 Å².